The van der Waals surface area contributed by atoms with E-state index in [1.54, 1.807) is 18.5 Å². The minimum atomic E-state index is -4.14. The average molecular weight is 1330 g/mol. The van der Waals surface area contributed by atoms with Crippen molar-refractivity contribution in [3.63, 3.8) is 0 Å². The van der Waals surface area contributed by atoms with Crippen LogP contribution in [0.15, 0.2) is 36.7 Å². The fourth-order valence-electron chi connectivity index (χ4n) is 13.4. The van der Waals surface area contributed by atoms with E-state index in [9.17, 15) is 53.9 Å². The van der Waals surface area contributed by atoms with Crippen LogP contribution in [0.1, 0.15) is 198 Å². The van der Waals surface area contributed by atoms with Crippen molar-refractivity contribution < 1.29 is 63.4 Å². The van der Waals surface area contributed by atoms with Crippen LogP contribution < -0.4 is 32.7 Å². The molecule has 92 heavy (non-hydrogen) atoms. The Hall–Kier alpha value is -5.71. The quantitative estimate of drug-likeness (QED) is 0.0382. The van der Waals surface area contributed by atoms with Gasteiger partial charge in [0.05, 0.1) is 31.0 Å². The van der Waals surface area contributed by atoms with Gasteiger partial charge in [-0.2, -0.15) is 59.7 Å². The summed E-state index contributed by atoms with van der Waals surface area (Å²) in [6, 6.07) is 8.37. The lowest BCUT2D eigenvalue weighted by molar-refractivity contribution is -0.186. The van der Waals surface area contributed by atoms with Gasteiger partial charge in [-0.05, 0) is 170 Å². The SMILES string of the molecule is CC(=O)C[C@@H]1CCC[C@H](C(F)(F)F)C1.CC(=O)Cl.NC1CCC(Nc2nccc(Nc3cc(C4CCOC4)[nH]n3)n2)CC1.N[C@@H]1CCC[C@H](C(F)(F)F)C1.O=C(CC1CCC(Nc2nccc(Nc3cc(C4CCOC4)[nH]n3)n2)CC1)C[C@@H]1CCC[C@H](C(F)(F)F)C1. The Morgan fingerprint density at radius 2 is 0.946 bits per heavy atom. The molecule has 10 N–H and O–H groups in total. The minimum absolute atomic E-state index is 0.00201. The highest BCUT2D eigenvalue weighted by molar-refractivity contribution is 6.62. The normalized spacial score (nSPS) is 27.6. The van der Waals surface area contributed by atoms with E-state index in [2.05, 4.69) is 73.2 Å². The van der Waals surface area contributed by atoms with Crippen molar-refractivity contribution in [3.8, 4) is 0 Å². The number of anilines is 6. The molecular formula is C63H92ClF9N14O5. The summed E-state index contributed by atoms with van der Waals surface area (Å²) in [4.78, 5) is 50.4. The van der Waals surface area contributed by atoms with Gasteiger partial charge < -0.3 is 47.0 Å². The third-order valence-electron chi connectivity index (χ3n) is 18.3. The van der Waals surface area contributed by atoms with Crippen LogP contribution >= 0.6 is 11.6 Å². The Morgan fingerprint density at radius 1 is 0.533 bits per heavy atom. The number of carbonyl (C=O) groups is 3. The fourth-order valence-corrected chi connectivity index (χ4v) is 13.4. The van der Waals surface area contributed by atoms with E-state index in [1.165, 1.54) is 13.8 Å². The monoisotopic (exact) mass is 1330 g/mol. The van der Waals surface area contributed by atoms with Crippen molar-refractivity contribution in [2.24, 2.45) is 47.0 Å². The zero-order chi connectivity index (χ0) is 66.4. The number of hydrogen-bond donors (Lipinski definition) is 8. The van der Waals surface area contributed by atoms with Crippen molar-refractivity contribution in [1.29, 1.82) is 0 Å². The number of H-pyrrole nitrogens is 2. The minimum Gasteiger partial charge on any atom is -0.381 e. The van der Waals surface area contributed by atoms with Crippen molar-refractivity contribution in [1.82, 2.24) is 40.3 Å². The molecule has 19 nitrogen and oxygen atoms in total. The summed E-state index contributed by atoms with van der Waals surface area (Å²) in [5.41, 5.74) is 13.5. The van der Waals surface area contributed by atoms with E-state index in [-0.39, 0.29) is 79.3 Å². The molecule has 2 aliphatic heterocycles. The van der Waals surface area contributed by atoms with E-state index in [0.717, 1.165) is 126 Å². The number of nitrogens with two attached hydrogens (primary N) is 2. The first kappa shape index (κ1) is 73.7. The Kier molecular flexibility index (Phi) is 28.6. The number of aromatic nitrogens is 8. The number of ether oxygens (including phenoxy) is 2. The number of nitrogens with one attached hydrogen (secondary N) is 6. The largest absolute Gasteiger partial charge is 0.391 e. The second-order valence-corrected chi connectivity index (χ2v) is 26.5. The topological polar surface area (TPSA) is 279 Å². The van der Waals surface area contributed by atoms with Gasteiger partial charge in [-0.15, -0.1) is 0 Å². The summed E-state index contributed by atoms with van der Waals surface area (Å²) < 4.78 is 123. The number of ketones is 2. The molecule has 6 heterocycles. The molecule has 5 saturated carbocycles. The molecule has 29 heteroatoms. The third kappa shape index (κ3) is 25.9. The second kappa shape index (κ2) is 35.7. The first-order valence-electron chi connectivity index (χ1n) is 32.6. The van der Waals surface area contributed by atoms with Gasteiger partial charge in [-0.3, -0.25) is 19.8 Å². The molecule has 7 fully saturated rings. The second-order valence-electron chi connectivity index (χ2n) is 26.0. The maximum absolute atomic E-state index is 13.1. The zero-order valence-electron chi connectivity index (χ0n) is 52.6. The van der Waals surface area contributed by atoms with Crippen LogP contribution in [0.5, 0.6) is 0 Å². The maximum Gasteiger partial charge on any atom is 0.391 e. The molecule has 11 rings (SSSR count). The highest BCUT2D eigenvalue weighted by Gasteiger charge is 2.44. The fraction of sp³-hybridized carbons (Fsp3) is 0.730. The number of rotatable bonds is 16. The molecule has 8 atom stereocenters. The molecule has 0 amide bonds. The summed E-state index contributed by atoms with van der Waals surface area (Å²) in [5, 5.41) is 27.8. The zero-order valence-corrected chi connectivity index (χ0v) is 53.3. The van der Waals surface area contributed by atoms with E-state index >= 15 is 0 Å². The first-order valence-corrected chi connectivity index (χ1v) is 33.0. The molecule has 7 aliphatic rings. The summed E-state index contributed by atoms with van der Waals surface area (Å²) in [7, 11) is 0. The predicted molar refractivity (Wildman–Crippen MR) is 332 cm³/mol. The molecule has 0 bridgehead atoms. The molecule has 0 spiro atoms. The van der Waals surface area contributed by atoms with E-state index in [1.807, 2.05) is 18.2 Å². The van der Waals surface area contributed by atoms with Gasteiger partial charge >= 0.3 is 18.5 Å². The summed E-state index contributed by atoms with van der Waals surface area (Å²) in [5.74, 6) is 1.47. The molecule has 4 aromatic rings. The highest BCUT2D eigenvalue weighted by Crippen LogP contribution is 2.43. The van der Waals surface area contributed by atoms with Crippen LogP contribution in [0, 0.1) is 35.5 Å². The summed E-state index contributed by atoms with van der Waals surface area (Å²) >= 11 is 4.64. The van der Waals surface area contributed by atoms with Gasteiger partial charge in [-0.1, -0.05) is 19.3 Å². The van der Waals surface area contributed by atoms with E-state index in [0.29, 0.717) is 98.5 Å². The first-order chi connectivity index (χ1) is 43.7. The van der Waals surface area contributed by atoms with Gasteiger partial charge in [0, 0.05) is 111 Å². The number of hydrogen-bond acceptors (Lipinski definition) is 17. The van der Waals surface area contributed by atoms with Gasteiger partial charge in [0.15, 0.2) is 11.6 Å². The van der Waals surface area contributed by atoms with Crippen molar-refractivity contribution in [2.75, 3.05) is 47.7 Å². The molecule has 0 aromatic carbocycles. The molecule has 4 aromatic heterocycles. The Labute approximate surface area is 537 Å². The molecule has 5 aliphatic carbocycles. The van der Waals surface area contributed by atoms with Crippen LogP contribution in [0.25, 0.3) is 0 Å². The lowest BCUT2D eigenvalue weighted by Gasteiger charge is -2.31. The Morgan fingerprint density at radius 3 is 1.35 bits per heavy atom. The maximum atomic E-state index is 13.1. The van der Waals surface area contributed by atoms with Crippen LogP contribution in [0.4, 0.5) is 74.7 Å². The van der Waals surface area contributed by atoms with Crippen LogP contribution in [0.3, 0.4) is 0 Å². The molecule has 514 valence electrons. The Bertz CT molecular complexity index is 2850. The van der Waals surface area contributed by atoms with Crippen molar-refractivity contribution >= 4 is 63.6 Å². The average Bonchev–Trinajstić information content (AvgIpc) is 1.92. The van der Waals surface area contributed by atoms with Crippen LogP contribution in [0.2, 0.25) is 0 Å². The number of halogens is 10. The smallest absolute Gasteiger partial charge is 0.381 e. The van der Waals surface area contributed by atoms with Crippen molar-refractivity contribution in [2.45, 2.75) is 229 Å². The number of carbonyl (C=O) groups excluding carboxylic acids is 3. The number of Topliss-reactive ketones (excluding diaryl/α,β-unsaturated/α-hetero) is 2. The lowest BCUT2D eigenvalue weighted by Crippen LogP contribution is -2.35. The molecule has 2 saturated heterocycles. The van der Waals surface area contributed by atoms with E-state index < -0.39 is 36.3 Å². The van der Waals surface area contributed by atoms with Gasteiger partial charge in [0.25, 0.3) is 0 Å². The number of nitrogens with zero attached hydrogens (tertiary/aromatic N) is 6. The summed E-state index contributed by atoms with van der Waals surface area (Å²) in [6.45, 7) is 5.80. The summed E-state index contributed by atoms with van der Waals surface area (Å²) in [6.07, 6.45) is 7.30. The standard InChI is InChI=1S/C27H37F3N6O2.C17H25N7O.C10H15F3O.C7H12F3N.C2H3ClO/c28-27(29,30)20-3-1-2-18(12-20)14-22(37)13-17-4-6-21(7-5-17)32-26-31-10-8-24(34-26)33-25-15-23(35-36-25)19-9-11-38-16-19;18-12-1-3-13(4-2-12)20-17-19-7-5-15(22-17)21-16-9-14(23-24-16)11-6-8-25-10-11;1-7(14)5-8-3-2-4-9(6-8)10(11,12)13;8-7(9,10)5-2-1-3-6(11)4-5;1-2(3)4/h8,10,15,17-21H,1-7,9,11-14,16H2,(H3,31,32,33,34,35,36);5,7,9,11-13H,1-4,6,8,10,18H2,(H3,19,20,21,22,23,24);8-9H,2-6H2,1H3;5-6H,1-4,11H2;1H3/t17?,18-,19?,20+,21?;;8-,9-;5-,6+;/m1.00./s1. The Balaban J connectivity index is 0.000000189. The third-order valence-corrected chi connectivity index (χ3v) is 18.3. The highest BCUT2D eigenvalue weighted by atomic mass is 35.5. The molecule has 0 radical (unpaired) electrons. The van der Waals surface area contributed by atoms with Crippen LogP contribution in [-0.4, -0.2) is 126 Å². The number of alkyl halides is 9. The predicted octanol–water partition coefficient (Wildman–Crippen LogP) is 14.4. The molecule has 2 unspecified atom stereocenters. The number of aromatic amines is 2. The van der Waals surface area contributed by atoms with Crippen LogP contribution in [-0.2, 0) is 23.9 Å². The molecular weight excluding hydrogens is 1240 g/mol. The van der Waals surface area contributed by atoms with E-state index in [4.69, 9.17) is 20.9 Å². The van der Waals surface area contributed by atoms with Gasteiger partial charge in [0.2, 0.25) is 17.1 Å². The van der Waals surface area contributed by atoms with Gasteiger partial charge in [0.1, 0.15) is 23.2 Å². The van der Waals surface area contributed by atoms with Gasteiger partial charge in [-0.25, -0.2) is 9.97 Å². The van der Waals surface area contributed by atoms with Crippen molar-refractivity contribution in [3.05, 3.63) is 48.0 Å². The lowest BCUT2D eigenvalue weighted by atomic mass is 9.77.